The second-order valence-electron chi connectivity index (χ2n) is 7.28. The third-order valence-corrected chi connectivity index (χ3v) is 3.90. The van der Waals surface area contributed by atoms with Gasteiger partial charge in [-0.2, -0.15) is 0 Å². The Balaban J connectivity index is 2.93. The van der Waals surface area contributed by atoms with E-state index in [0.717, 1.165) is 19.3 Å². The number of ether oxygens (including phenoxy) is 1. The first-order chi connectivity index (χ1) is 8.06. The second-order valence-corrected chi connectivity index (χ2v) is 7.28. The zero-order chi connectivity index (χ0) is 14.1. The van der Waals surface area contributed by atoms with Gasteiger partial charge < -0.3 is 10.5 Å². The van der Waals surface area contributed by atoms with Gasteiger partial charge in [-0.1, -0.05) is 27.2 Å². The van der Waals surface area contributed by atoms with E-state index in [1.165, 1.54) is 0 Å². The van der Waals surface area contributed by atoms with E-state index in [1.807, 2.05) is 20.8 Å². The normalized spacial score (nSPS) is 33.6. The Labute approximate surface area is 111 Å². The molecule has 0 saturated heterocycles. The molecule has 0 bridgehead atoms. The number of hydrogen-bond donors (Lipinski definition) is 1. The fourth-order valence-electron chi connectivity index (χ4n) is 3.09. The van der Waals surface area contributed by atoms with Crippen molar-refractivity contribution < 1.29 is 9.53 Å². The van der Waals surface area contributed by atoms with E-state index < -0.39 is 11.1 Å². The maximum Gasteiger partial charge on any atom is 0.326 e. The molecular weight excluding hydrogens is 226 g/mol. The minimum absolute atomic E-state index is 0.222. The van der Waals surface area contributed by atoms with Crippen molar-refractivity contribution in [1.29, 1.82) is 0 Å². The number of nitrogens with two attached hydrogens (primary N) is 1. The maximum atomic E-state index is 12.4. The number of hydrogen-bond acceptors (Lipinski definition) is 3. The predicted molar refractivity (Wildman–Crippen MR) is 74.1 cm³/mol. The summed E-state index contributed by atoms with van der Waals surface area (Å²) in [4.78, 5) is 12.4. The minimum Gasteiger partial charge on any atom is -0.459 e. The van der Waals surface area contributed by atoms with Gasteiger partial charge in [0.05, 0.1) is 0 Å². The van der Waals surface area contributed by atoms with Crippen molar-refractivity contribution in [2.75, 3.05) is 0 Å². The topological polar surface area (TPSA) is 52.3 Å². The molecule has 0 aromatic rings. The second kappa shape index (κ2) is 5.20. The fraction of sp³-hybridized carbons (Fsp3) is 0.933. The van der Waals surface area contributed by atoms with Gasteiger partial charge in [-0.05, 0) is 51.4 Å². The van der Waals surface area contributed by atoms with E-state index in [4.69, 9.17) is 10.5 Å². The average molecular weight is 255 g/mol. The summed E-state index contributed by atoms with van der Waals surface area (Å²) in [5, 5.41) is 0. The molecule has 1 aliphatic rings. The Morgan fingerprint density at radius 3 is 2.33 bits per heavy atom. The highest BCUT2D eigenvalue weighted by atomic mass is 16.6. The van der Waals surface area contributed by atoms with E-state index in [0.29, 0.717) is 11.8 Å². The molecule has 18 heavy (non-hydrogen) atoms. The zero-order valence-corrected chi connectivity index (χ0v) is 12.7. The summed E-state index contributed by atoms with van der Waals surface area (Å²) in [5.74, 6) is 0.913. The van der Waals surface area contributed by atoms with Gasteiger partial charge in [0.15, 0.2) is 0 Å². The first-order valence-electron chi connectivity index (χ1n) is 7.08. The molecule has 0 amide bonds. The molecule has 0 aromatic heterocycles. The molecule has 0 spiro atoms. The van der Waals surface area contributed by atoms with Gasteiger partial charge >= 0.3 is 5.97 Å². The van der Waals surface area contributed by atoms with Crippen LogP contribution in [0.25, 0.3) is 0 Å². The molecule has 0 unspecified atom stereocenters. The number of esters is 1. The van der Waals surface area contributed by atoms with Crippen molar-refractivity contribution in [3.05, 3.63) is 0 Å². The molecule has 0 aromatic carbocycles. The summed E-state index contributed by atoms with van der Waals surface area (Å²) < 4.78 is 5.54. The van der Waals surface area contributed by atoms with Crippen LogP contribution in [0.4, 0.5) is 0 Å². The zero-order valence-electron chi connectivity index (χ0n) is 12.7. The van der Waals surface area contributed by atoms with Crippen LogP contribution in [0.2, 0.25) is 0 Å². The van der Waals surface area contributed by atoms with Crippen LogP contribution in [-0.4, -0.2) is 17.1 Å². The van der Waals surface area contributed by atoms with Crippen molar-refractivity contribution in [3.63, 3.8) is 0 Å². The van der Waals surface area contributed by atoms with Gasteiger partial charge in [0.1, 0.15) is 11.1 Å². The Morgan fingerprint density at radius 1 is 1.33 bits per heavy atom. The van der Waals surface area contributed by atoms with Crippen LogP contribution in [0.15, 0.2) is 0 Å². The summed E-state index contributed by atoms with van der Waals surface area (Å²) in [6.45, 7) is 12.1. The van der Waals surface area contributed by atoms with Crippen LogP contribution in [0.3, 0.4) is 0 Å². The lowest BCUT2D eigenvalue weighted by Gasteiger charge is -2.44. The predicted octanol–water partition coefficient (Wildman–Crippen LogP) is 3.12. The van der Waals surface area contributed by atoms with Crippen molar-refractivity contribution in [1.82, 2.24) is 0 Å². The molecule has 0 aliphatic heterocycles. The Hall–Kier alpha value is -0.570. The molecule has 1 fully saturated rings. The SMILES string of the molecule is CC(C)[C@@H]1CC[C@@H](C)C[C@]1(N)C(=O)OC(C)(C)C. The van der Waals surface area contributed by atoms with Crippen molar-refractivity contribution >= 4 is 5.97 Å². The maximum absolute atomic E-state index is 12.4. The highest BCUT2D eigenvalue weighted by Gasteiger charge is 2.48. The van der Waals surface area contributed by atoms with Crippen LogP contribution >= 0.6 is 0 Å². The highest BCUT2D eigenvalue weighted by Crippen LogP contribution is 2.40. The van der Waals surface area contributed by atoms with E-state index in [2.05, 4.69) is 20.8 Å². The summed E-state index contributed by atoms with van der Waals surface area (Å²) in [6.07, 6.45) is 2.92. The largest absolute Gasteiger partial charge is 0.459 e. The van der Waals surface area contributed by atoms with Crippen LogP contribution in [-0.2, 0) is 9.53 Å². The molecule has 3 atom stereocenters. The van der Waals surface area contributed by atoms with Crippen molar-refractivity contribution in [2.45, 2.75) is 71.9 Å². The fourth-order valence-corrected chi connectivity index (χ4v) is 3.09. The molecule has 0 heterocycles. The van der Waals surface area contributed by atoms with Gasteiger partial charge in [-0.25, -0.2) is 0 Å². The first-order valence-corrected chi connectivity index (χ1v) is 7.08. The molecule has 1 rings (SSSR count). The van der Waals surface area contributed by atoms with E-state index in [1.54, 1.807) is 0 Å². The monoisotopic (exact) mass is 255 g/mol. The van der Waals surface area contributed by atoms with E-state index >= 15 is 0 Å². The first kappa shape index (κ1) is 15.5. The molecule has 106 valence electrons. The lowest BCUT2D eigenvalue weighted by Crippen LogP contribution is -2.60. The average Bonchev–Trinajstić information content (AvgIpc) is 2.13. The Kier molecular flexibility index (Phi) is 4.47. The molecule has 3 nitrogen and oxygen atoms in total. The van der Waals surface area contributed by atoms with E-state index in [-0.39, 0.29) is 11.9 Å². The summed E-state index contributed by atoms with van der Waals surface area (Å²) in [6, 6.07) is 0. The smallest absolute Gasteiger partial charge is 0.326 e. The van der Waals surface area contributed by atoms with Crippen LogP contribution in [0, 0.1) is 17.8 Å². The number of rotatable bonds is 2. The molecule has 1 saturated carbocycles. The molecule has 1 aliphatic carbocycles. The summed E-state index contributed by atoms with van der Waals surface area (Å²) in [7, 11) is 0. The van der Waals surface area contributed by atoms with Gasteiger partial charge in [0, 0.05) is 0 Å². The van der Waals surface area contributed by atoms with E-state index in [9.17, 15) is 4.79 Å². The Morgan fingerprint density at radius 2 is 1.89 bits per heavy atom. The van der Waals surface area contributed by atoms with Gasteiger partial charge in [-0.3, -0.25) is 4.79 Å². The van der Waals surface area contributed by atoms with Crippen molar-refractivity contribution in [3.8, 4) is 0 Å². The van der Waals surface area contributed by atoms with Gasteiger partial charge in [-0.15, -0.1) is 0 Å². The standard InChI is InChI=1S/C15H29NO2/c1-10(2)12-8-7-11(3)9-15(12,16)13(17)18-14(4,5)6/h10-12H,7-9,16H2,1-6H3/t11-,12+,15-/m1/s1. The minimum atomic E-state index is -0.806. The van der Waals surface area contributed by atoms with Crippen LogP contribution in [0.5, 0.6) is 0 Å². The molecule has 0 radical (unpaired) electrons. The third kappa shape index (κ3) is 3.47. The lowest BCUT2D eigenvalue weighted by atomic mass is 9.65. The third-order valence-electron chi connectivity index (χ3n) is 3.90. The van der Waals surface area contributed by atoms with Crippen LogP contribution < -0.4 is 5.73 Å². The summed E-state index contributed by atoms with van der Waals surface area (Å²) in [5.41, 5.74) is 5.20. The number of carbonyl (C=O) groups is 1. The van der Waals surface area contributed by atoms with Gasteiger partial charge in [0.2, 0.25) is 0 Å². The van der Waals surface area contributed by atoms with Crippen molar-refractivity contribution in [2.24, 2.45) is 23.5 Å². The summed E-state index contributed by atoms with van der Waals surface area (Å²) >= 11 is 0. The number of carbonyl (C=O) groups excluding carboxylic acids is 1. The molecule has 3 heteroatoms. The van der Waals surface area contributed by atoms with Gasteiger partial charge in [0.25, 0.3) is 0 Å². The molecular formula is C15H29NO2. The quantitative estimate of drug-likeness (QED) is 0.771. The molecule has 2 N–H and O–H groups in total. The Bertz CT molecular complexity index is 306. The highest BCUT2D eigenvalue weighted by molar-refractivity contribution is 5.81. The lowest BCUT2D eigenvalue weighted by molar-refractivity contribution is -0.167. The van der Waals surface area contributed by atoms with Crippen LogP contribution in [0.1, 0.15) is 60.8 Å².